The zero-order chi connectivity index (χ0) is 12.4. The van der Waals surface area contributed by atoms with E-state index in [1.807, 2.05) is 6.92 Å². The smallest absolute Gasteiger partial charge is 0.162 e. The van der Waals surface area contributed by atoms with Gasteiger partial charge in [0.1, 0.15) is 12.4 Å². The molecule has 0 aliphatic rings. The van der Waals surface area contributed by atoms with E-state index >= 15 is 0 Å². The molecule has 0 aliphatic heterocycles. The molecule has 0 saturated heterocycles. The number of rotatable bonds is 10. The maximum absolute atomic E-state index is 11.6. The van der Waals surface area contributed by atoms with Gasteiger partial charge in [-0.3, -0.25) is 4.79 Å². The van der Waals surface area contributed by atoms with Crippen molar-refractivity contribution in [2.45, 2.75) is 38.7 Å². The van der Waals surface area contributed by atoms with E-state index in [0.717, 1.165) is 6.42 Å². The molecule has 0 aromatic carbocycles. The molecule has 92 valence electrons. The van der Waals surface area contributed by atoms with E-state index in [9.17, 15) is 4.79 Å². The first-order valence-corrected chi connectivity index (χ1v) is 5.57. The van der Waals surface area contributed by atoms with E-state index in [2.05, 4.69) is 13.2 Å². The molecule has 0 atom stereocenters. The molecule has 0 rings (SSSR count). The Labute approximate surface area is 98.1 Å². The summed E-state index contributed by atoms with van der Waals surface area (Å²) in [5.41, 5.74) is -0.850. The van der Waals surface area contributed by atoms with Crippen molar-refractivity contribution in [2.75, 3.05) is 13.4 Å². The van der Waals surface area contributed by atoms with Gasteiger partial charge in [-0.15, -0.1) is 13.2 Å². The van der Waals surface area contributed by atoms with Gasteiger partial charge in [-0.1, -0.05) is 19.1 Å². The third-order valence-corrected chi connectivity index (χ3v) is 2.36. The Balaban J connectivity index is 4.42. The Morgan fingerprint density at radius 2 is 1.88 bits per heavy atom. The second kappa shape index (κ2) is 8.25. The molecule has 0 heterocycles. The monoisotopic (exact) mass is 226 g/mol. The molecule has 0 aromatic heterocycles. The maximum atomic E-state index is 11.6. The number of Topliss-reactive ketones (excluding diaryl/α,β-unsaturated/α-hetero) is 1. The Bertz CT molecular complexity index is 223. The Kier molecular flexibility index (Phi) is 7.77. The van der Waals surface area contributed by atoms with Crippen LogP contribution in [0.2, 0.25) is 0 Å². The highest BCUT2D eigenvalue weighted by Gasteiger charge is 2.33. The van der Waals surface area contributed by atoms with Crippen LogP contribution in [0, 0.1) is 0 Å². The van der Waals surface area contributed by atoms with Crippen molar-refractivity contribution in [3.05, 3.63) is 25.3 Å². The van der Waals surface area contributed by atoms with E-state index < -0.39 is 5.60 Å². The third kappa shape index (κ3) is 4.73. The Morgan fingerprint density at radius 1 is 1.31 bits per heavy atom. The predicted molar refractivity (Wildman–Crippen MR) is 65.2 cm³/mol. The lowest BCUT2D eigenvalue weighted by atomic mass is 9.91. The van der Waals surface area contributed by atoms with Gasteiger partial charge in [0.2, 0.25) is 0 Å². The summed E-state index contributed by atoms with van der Waals surface area (Å²) < 4.78 is 10.8. The maximum Gasteiger partial charge on any atom is 0.162 e. The molecule has 0 unspecified atom stereocenters. The van der Waals surface area contributed by atoms with Crippen molar-refractivity contribution >= 4 is 5.78 Å². The second-order valence-corrected chi connectivity index (χ2v) is 3.71. The molecule has 0 radical (unpaired) electrons. The van der Waals surface area contributed by atoms with Crippen molar-refractivity contribution in [2.24, 2.45) is 0 Å². The van der Waals surface area contributed by atoms with Crippen LogP contribution >= 0.6 is 0 Å². The van der Waals surface area contributed by atoms with Gasteiger partial charge in [-0.2, -0.15) is 0 Å². The number of ether oxygens (including phenoxy) is 2. The number of carbonyl (C=O) groups is 1. The number of hydrogen-bond donors (Lipinski definition) is 0. The minimum absolute atomic E-state index is 0.0209. The van der Waals surface area contributed by atoms with Gasteiger partial charge in [0.25, 0.3) is 0 Å². The fourth-order valence-corrected chi connectivity index (χ4v) is 1.41. The quantitative estimate of drug-likeness (QED) is 0.326. The average Bonchev–Trinajstić information content (AvgIpc) is 2.24. The average molecular weight is 226 g/mol. The summed E-state index contributed by atoms with van der Waals surface area (Å²) in [5.74, 6) is -0.0209. The summed E-state index contributed by atoms with van der Waals surface area (Å²) in [6, 6.07) is 0. The second-order valence-electron chi connectivity index (χ2n) is 3.71. The van der Waals surface area contributed by atoms with Gasteiger partial charge in [0.15, 0.2) is 5.78 Å². The first-order valence-electron chi connectivity index (χ1n) is 5.57. The number of carbonyl (C=O) groups excluding carboxylic acids is 1. The van der Waals surface area contributed by atoms with Gasteiger partial charge < -0.3 is 9.47 Å². The van der Waals surface area contributed by atoms with E-state index in [4.69, 9.17) is 9.47 Å². The van der Waals surface area contributed by atoms with Crippen LogP contribution in [0.1, 0.15) is 33.1 Å². The molecule has 16 heavy (non-hydrogen) atoms. The topological polar surface area (TPSA) is 35.5 Å². The van der Waals surface area contributed by atoms with Gasteiger partial charge in [0.05, 0.1) is 0 Å². The minimum atomic E-state index is -0.850. The van der Waals surface area contributed by atoms with Crippen LogP contribution in [-0.2, 0) is 14.3 Å². The lowest BCUT2D eigenvalue weighted by Crippen LogP contribution is -2.40. The normalized spacial score (nSPS) is 11.1. The molecule has 0 N–H and O–H groups in total. The summed E-state index contributed by atoms with van der Waals surface area (Å²) >= 11 is 0. The Hall–Kier alpha value is -0.930. The van der Waals surface area contributed by atoms with Gasteiger partial charge >= 0.3 is 0 Å². The van der Waals surface area contributed by atoms with Crippen molar-refractivity contribution < 1.29 is 14.3 Å². The van der Waals surface area contributed by atoms with Crippen LogP contribution in [0.5, 0.6) is 0 Å². The van der Waals surface area contributed by atoms with E-state index in [1.165, 1.54) is 6.92 Å². The zero-order valence-corrected chi connectivity index (χ0v) is 10.3. The van der Waals surface area contributed by atoms with Crippen LogP contribution < -0.4 is 0 Å². The number of ketones is 1. The summed E-state index contributed by atoms with van der Waals surface area (Å²) in [4.78, 5) is 11.6. The van der Waals surface area contributed by atoms with Crippen LogP contribution in [0.4, 0.5) is 0 Å². The molecule has 3 nitrogen and oxygen atoms in total. The van der Waals surface area contributed by atoms with Crippen LogP contribution in [0.15, 0.2) is 25.3 Å². The van der Waals surface area contributed by atoms with Crippen LogP contribution in [0.3, 0.4) is 0 Å². The van der Waals surface area contributed by atoms with E-state index in [0.29, 0.717) is 19.4 Å². The molecule has 3 heteroatoms. The fraction of sp³-hybridized carbons (Fsp3) is 0.615. The minimum Gasteiger partial charge on any atom is -0.355 e. The number of hydrogen-bond acceptors (Lipinski definition) is 3. The third-order valence-electron chi connectivity index (χ3n) is 2.36. The highest BCUT2D eigenvalue weighted by molar-refractivity contribution is 5.85. The molecule has 0 aromatic rings. The van der Waals surface area contributed by atoms with Gasteiger partial charge in [-0.05, 0) is 13.3 Å². The highest BCUT2D eigenvalue weighted by atomic mass is 16.7. The Morgan fingerprint density at radius 3 is 2.25 bits per heavy atom. The lowest BCUT2D eigenvalue weighted by Gasteiger charge is -2.29. The SMILES string of the molecule is C=CCC(CC=C)(OCOCCC)C(C)=O. The predicted octanol–water partition coefficient (Wildman–Crippen LogP) is 2.87. The van der Waals surface area contributed by atoms with Crippen molar-refractivity contribution in [1.29, 1.82) is 0 Å². The fourth-order valence-electron chi connectivity index (χ4n) is 1.41. The van der Waals surface area contributed by atoms with Crippen LogP contribution in [0.25, 0.3) is 0 Å². The van der Waals surface area contributed by atoms with Crippen molar-refractivity contribution in [1.82, 2.24) is 0 Å². The lowest BCUT2D eigenvalue weighted by molar-refractivity contribution is -0.164. The molecule has 0 aliphatic carbocycles. The molecule has 0 fully saturated rings. The van der Waals surface area contributed by atoms with Gasteiger partial charge in [0, 0.05) is 19.4 Å². The molecular weight excluding hydrogens is 204 g/mol. The molecular formula is C13H22O3. The molecule has 0 amide bonds. The summed E-state index contributed by atoms with van der Waals surface area (Å²) in [7, 11) is 0. The van der Waals surface area contributed by atoms with Crippen molar-refractivity contribution in [3.8, 4) is 0 Å². The van der Waals surface area contributed by atoms with E-state index in [-0.39, 0.29) is 12.6 Å². The summed E-state index contributed by atoms with van der Waals surface area (Å²) in [6.45, 7) is 11.6. The highest BCUT2D eigenvalue weighted by Crippen LogP contribution is 2.23. The first-order chi connectivity index (χ1) is 7.63. The van der Waals surface area contributed by atoms with E-state index in [1.54, 1.807) is 12.2 Å². The van der Waals surface area contributed by atoms with Crippen molar-refractivity contribution in [3.63, 3.8) is 0 Å². The largest absolute Gasteiger partial charge is 0.355 e. The molecule has 0 saturated carbocycles. The van der Waals surface area contributed by atoms with Crippen LogP contribution in [-0.4, -0.2) is 24.8 Å². The first kappa shape index (κ1) is 15.1. The zero-order valence-electron chi connectivity index (χ0n) is 10.3. The summed E-state index contributed by atoms with van der Waals surface area (Å²) in [5, 5.41) is 0. The molecule has 0 spiro atoms. The standard InChI is InChI=1S/C13H22O3/c1-5-8-13(9-6-2,12(4)14)16-11-15-10-7-3/h5-6H,1-2,7-11H2,3-4H3. The molecule has 0 bridgehead atoms. The summed E-state index contributed by atoms with van der Waals surface area (Å²) in [6.07, 6.45) is 5.25. The van der Waals surface area contributed by atoms with Gasteiger partial charge in [-0.25, -0.2) is 0 Å².